The maximum absolute atomic E-state index is 14.0. The van der Waals surface area contributed by atoms with Crippen molar-refractivity contribution in [3.63, 3.8) is 0 Å². The van der Waals surface area contributed by atoms with Crippen molar-refractivity contribution in [2.24, 2.45) is 0 Å². The number of H-pyrrole nitrogens is 1. The summed E-state index contributed by atoms with van der Waals surface area (Å²) >= 11 is 2.11. The first kappa shape index (κ1) is 27.9. The SMILES string of the molecule is O=c1ccc2c(C(O)CNCCCCCCOCC(F)(F)c3ccccc3)ccc(OPI)c2[nH]1. The molecular formula is C25H30F2IN2O4P. The van der Waals surface area contributed by atoms with Crippen molar-refractivity contribution in [1.29, 1.82) is 0 Å². The van der Waals surface area contributed by atoms with Crippen LogP contribution < -0.4 is 15.4 Å². The monoisotopic (exact) mass is 618 g/mol. The molecule has 1 heterocycles. The third kappa shape index (κ3) is 8.46. The highest BCUT2D eigenvalue weighted by atomic mass is 127. The standard InChI is InChI=1S/C25H30F2IN2O4P/c26-25(27,18-8-4-3-5-9-18)17-33-15-7-2-1-6-14-29-16-21(31)19-10-12-22(34-35-28)24-20(19)11-13-23(32)30-24/h3-5,8-13,21,29,31,35H,1-2,6-7,14-17H2,(H,30,32). The van der Waals surface area contributed by atoms with E-state index in [-0.39, 0.29) is 17.6 Å². The molecule has 0 aliphatic carbocycles. The van der Waals surface area contributed by atoms with Crippen molar-refractivity contribution in [2.75, 3.05) is 26.3 Å². The topological polar surface area (TPSA) is 83.6 Å². The van der Waals surface area contributed by atoms with E-state index in [4.69, 9.17) is 9.26 Å². The summed E-state index contributed by atoms with van der Waals surface area (Å²) in [4.78, 5) is 14.5. The summed E-state index contributed by atoms with van der Waals surface area (Å²) in [5.41, 5.74) is 1.05. The minimum atomic E-state index is -2.98. The number of aromatic nitrogens is 1. The normalized spacial score (nSPS) is 13.0. The number of ether oxygens (including phenoxy) is 1. The van der Waals surface area contributed by atoms with Gasteiger partial charge in [-0.05, 0) is 59.1 Å². The molecule has 0 amide bonds. The molecule has 0 saturated heterocycles. The summed E-state index contributed by atoms with van der Waals surface area (Å²) in [7, 11) is 0. The zero-order valence-electron chi connectivity index (χ0n) is 19.2. The Morgan fingerprint density at radius 3 is 2.60 bits per heavy atom. The predicted octanol–water partition coefficient (Wildman–Crippen LogP) is 5.84. The van der Waals surface area contributed by atoms with Crippen LogP contribution in [0.4, 0.5) is 8.78 Å². The van der Waals surface area contributed by atoms with Crippen LogP contribution in [0.3, 0.4) is 0 Å². The van der Waals surface area contributed by atoms with Crippen molar-refractivity contribution in [2.45, 2.75) is 37.7 Å². The number of halogens is 3. The third-order valence-corrected chi connectivity index (χ3v) is 6.57. The second-order valence-corrected chi connectivity index (χ2v) is 9.88. The van der Waals surface area contributed by atoms with E-state index in [1.807, 2.05) is 6.07 Å². The van der Waals surface area contributed by atoms with Gasteiger partial charge >= 0.3 is 0 Å². The van der Waals surface area contributed by atoms with Crippen LogP contribution in [-0.2, 0) is 10.7 Å². The molecule has 0 aliphatic heterocycles. The Balaban J connectivity index is 1.33. The molecule has 0 bridgehead atoms. The number of aliphatic hydroxyl groups excluding tert-OH is 1. The molecule has 0 radical (unpaired) electrons. The molecule has 2 unspecified atom stereocenters. The maximum atomic E-state index is 14.0. The lowest BCUT2D eigenvalue weighted by molar-refractivity contribution is -0.0831. The lowest BCUT2D eigenvalue weighted by atomic mass is 10.0. The Morgan fingerprint density at radius 2 is 1.83 bits per heavy atom. The minimum absolute atomic E-state index is 0.0280. The lowest BCUT2D eigenvalue weighted by Gasteiger charge is -2.17. The van der Waals surface area contributed by atoms with Gasteiger partial charge in [0.05, 0.1) is 11.6 Å². The van der Waals surface area contributed by atoms with Gasteiger partial charge in [-0.25, -0.2) is 0 Å². The number of unbranched alkanes of at least 4 members (excludes halogenated alkanes) is 3. The number of hydrogen-bond acceptors (Lipinski definition) is 5. The Kier molecular flexibility index (Phi) is 11.3. The summed E-state index contributed by atoms with van der Waals surface area (Å²) in [6.45, 7) is 1.02. The number of benzene rings is 2. The molecule has 0 aliphatic rings. The van der Waals surface area contributed by atoms with Crippen molar-refractivity contribution < 1.29 is 23.1 Å². The van der Waals surface area contributed by atoms with Crippen LogP contribution in [0.2, 0.25) is 0 Å². The summed E-state index contributed by atoms with van der Waals surface area (Å²) < 4.78 is 38.9. The minimum Gasteiger partial charge on any atom is -0.464 e. The van der Waals surface area contributed by atoms with Gasteiger partial charge in [0.1, 0.15) is 18.8 Å². The highest BCUT2D eigenvalue weighted by Crippen LogP contribution is 2.34. The van der Waals surface area contributed by atoms with E-state index in [1.54, 1.807) is 30.3 Å². The van der Waals surface area contributed by atoms with Crippen LogP contribution in [0, 0.1) is 0 Å². The first-order chi connectivity index (χ1) is 16.9. The fourth-order valence-corrected chi connectivity index (χ4v) is 4.75. The number of aromatic amines is 1. The molecule has 0 saturated carbocycles. The van der Waals surface area contributed by atoms with Gasteiger partial charge in [0.25, 0.3) is 5.92 Å². The highest BCUT2D eigenvalue weighted by molar-refractivity contribution is 14.2. The van der Waals surface area contributed by atoms with E-state index < -0.39 is 18.6 Å². The van der Waals surface area contributed by atoms with Crippen LogP contribution in [-0.4, -0.2) is 36.4 Å². The molecule has 3 rings (SSSR count). The van der Waals surface area contributed by atoms with Crippen molar-refractivity contribution in [3.8, 4) is 5.75 Å². The van der Waals surface area contributed by atoms with E-state index in [0.29, 0.717) is 24.4 Å². The molecule has 3 aromatic rings. The highest BCUT2D eigenvalue weighted by Gasteiger charge is 2.31. The first-order valence-corrected chi connectivity index (χ1v) is 15.5. The van der Waals surface area contributed by atoms with Crippen molar-refractivity contribution in [3.05, 3.63) is 76.1 Å². The van der Waals surface area contributed by atoms with Crippen LogP contribution in [0.5, 0.6) is 5.75 Å². The van der Waals surface area contributed by atoms with Crippen LogP contribution in [0.15, 0.2) is 59.4 Å². The lowest BCUT2D eigenvalue weighted by Crippen LogP contribution is -2.23. The molecule has 10 heteroatoms. The smallest absolute Gasteiger partial charge is 0.296 e. The van der Waals surface area contributed by atoms with E-state index in [0.717, 1.165) is 43.2 Å². The molecule has 0 fully saturated rings. The first-order valence-electron chi connectivity index (χ1n) is 11.5. The van der Waals surface area contributed by atoms with Gasteiger partial charge in [-0.3, -0.25) is 4.79 Å². The Bertz CT molecular complexity index is 1120. The molecule has 1 aromatic heterocycles. The van der Waals surface area contributed by atoms with Gasteiger partial charge in [0, 0.05) is 30.2 Å². The largest absolute Gasteiger partial charge is 0.464 e. The van der Waals surface area contributed by atoms with Gasteiger partial charge in [0.15, 0.2) is 0 Å². The average Bonchev–Trinajstić information content (AvgIpc) is 2.86. The van der Waals surface area contributed by atoms with Crippen LogP contribution >= 0.6 is 28.5 Å². The average molecular weight is 618 g/mol. The predicted molar refractivity (Wildman–Crippen MR) is 145 cm³/mol. The van der Waals surface area contributed by atoms with E-state index in [2.05, 4.69) is 32.3 Å². The number of fused-ring (bicyclic) bond motifs is 1. The fraction of sp³-hybridized carbons (Fsp3) is 0.400. The summed E-state index contributed by atoms with van der Waals surface area (Å²) in [5, 5.41) is 14.7. The number of aliphatic hydroxyl groups is 1. The molecular weight excluding hydrogens is 588 g/mol. The van der Waals surface area contributed by atoms with E-state index >= 15 is 0 Å². The molecule has 2 aromatic carbocycles. The number of rotatable bonds is 15. The number of pyridine rings is 1. The van der Waals surface area contributed by atoms with E-state index in [1.165, 1.54) is 18.2 Å². The Morgan fingerprint density at radius 1 is 1.06 bits per heavy atom. The molecule has 0 spiro atoms. The quantitative estimate of drug-likeness (QED) is 0.113. The van der Waals surface area contributed by atoms with E-state index in [9.17, 15) is 18.7 Å². The maximum Gasteiger partial charge on any atom is 0.296 e. The Labute approximate surface area is 218 Å². The molecule has 3 N–H and O–H groups in total. The van der Waals surface area contributed by atoms with Gasteiger partial charge in [-0.15, -0.1) is 0 Å². The summed E-state index contributed by atoms with van der Waals surface area (Å²) in [5.74, 6) is -2.39. The number of hydrogen-bond donors (Lipinski definition) is 3. The zero-order valence-corrected chi connectivity index (χ0v) is 22.4. The van der Waals surface area contributed by atoms with Gasteiger partial charge in [-0.1, -0.05) is 49.2 Å². The Hall–Kier alpha value is -1.65. The molecule has 35 heavy (non-hydrogen) atoms. The molecule has 6 nitrogen and oxygen atoms in total. The summed E-state index contributed by atoms with van der Waals surface area (Å²) in [6.07, 6.45) is 2.72. The van der Waals surface area contributed by atoms with Crippen LogP contribution in [0.25, 0.3) is 10.9 Å². The third-order valence-electron chi connectivity index (χ3n) is 5.61. The zero-order chi connectivity index (χ0) is 25.1. The van der Waals surface area contributed by atoms with Gasteiger partial charge in [-0.2, -0.15) is 8.78 Å². The molecule has 2 atom stereocenters. The molecule has 190 valence electrons. The van der Waals surface area contributed by atoms with Gasteiger partial charge in [0.2, 0.25) is 5.56 Å². The number of alkyl halides is 2. The second-order valence-electron chi connectivity index (χ2n) is 8.20. The number of nitrogens with one attached hydrogen (secondary N) is 2. The fourth-order valence-electron chi connectivity index (χ4n) is 3.79. The summed E-state index contributed by atoms with van der Waals surface area (Å²) in [6, 6.07) is 14.4. The van der Waals surface area contributed by atoms with Crippen LogP contribution in [0.1, 0.15) is 42.9 Å². The van der Waals surface area contributed by atoms with Gasteiger partial charge < -0.3 is 24.7 Å². The second kappa shape index (κ2) is 14.2. The van der Waals surface area contributed by atoms with Crippen molar-refractivity contribution in [1.82, 2.24) is 10.3 Å². The van der Waals surface area contributed by atoms with Crippen molar-refractivity contribution >= 4 is 39.4 Å².